The number of hydrogen-bond donors (Lipinski definition) is 8. The minimum absolute atomic E-state index is 0. The van der Waals surface area contributed by atoms with Crippen LogP contribution in [0.1, 0.15) is 22.3 Å². The number of fused-ring (bicyclic) bond motifs is 7. The first-order valence-electron chi connectivity index (χ1n) is 39.1. The van der Waals surface area contributed by atoms with Crippen LogP contribution in [-0.4, -0.2) is 132 Å². The fourth-order valence-electron chi connectivity index (χ4n) is 14.3. The van der Waals surface area contributed by atoms with Crippen LogP contribution < -0.4 is 69.1 Å². The molecule has 646 valence electrons. The summed E-state index contributed by atoms with van der Waals surface area (Å²) in [4.78, 5) is 97.1. The number of para-hydroxylation sites is 7. The normalized spacial score (nSPS) is 12.4. The van der Waals surface area contributed by atoms with Crippen LogP contribution in [0.2, 0.25) is 5.15 Å². The van der Waals surface area contributed by atoms with E-state index in [1.165, 1.54) is 57.9 Å². The smallest absolute Gasteiger partial charge is 0.271 e. The lowest BCUT2D eigenvalue weighted by molar-refractivity contribution is -0.385. The van der Waals surface area contributed by atoms with E-state index in [0.717, 1.165) is 108 Å². The Balaban J connectivity index is 0.000000127. The van der Waals surface area contributed by atoms with Gasteiger partial charge in [0.2, 0.25) is 41.6 Å². The molecule has 9 aromatic heterocycles. The third kappa shape index (κ3) is 21.4. The predicted molar refractivity (Wildman–Crippen MR) is 505 cm³/mol. The molecular formula is C87H81Cl4N33O4. The number of nitrogens with zero attached hydrogens (tertiary/aromatic N) is 25. The number of imidazole rings is 2. The second-order valence-electron chi connectivity index (χ2n) is 27.9. The van der Waals surface area contributed by atoms with E-state index in [2.05, 4.69) is 177 Å². The van der Waals surface area contributed by atoms with Crippen molar-refractivity contribution in [2.24, 2.45) is 0 Å². The molecule has 22 rings (SSSR count). The number of hydrogen-bond acceptors (Lipinski definition) is 33. The lowest BCUT2D eigenvalue weighted by Crippen LogP contribution is -2.31. The van der Waals surface area contributed by atoms with Gasteiger partial charge in [-0.05, 0) is 145 Å². The molecular weight excluding hydrogens is 1710 g/mol. The molecule has 17 aromatic rings. The summed E-state index contributed by atoms with van der Waals surface area (Å²) in [5.41, 5.74) is 43.7. The average Bonchev–Trinajstić information content (AvgIpc) is 1.58. The maximum absolute atomic E-state index is 10.8. The summed E-state index contributed by atoms with van der Waals surface area (Å²) in [5.74, 6) is 7.03. The first-order valence-corrected chi connectivity index (χ1v) is 39.5. The van der Waals surface area contributed by atoms with Gasteiger partial charge in [0.15, 0.2) is 0 Å². The second kappa shape index (κ2) is 41.7. The standard InChI is InChI=1S/C18H16N4.C13H14N4.C12H10ClN3.2C11H10N6O2.2C11H9N5.3ClH/c1-2-7-15(8-3-1)20-18-19-12-10-17(21-18)22-13-11-14-6-4-5-9-16(14)22;14-13-15-7-5-12(16-13)17-8-6-10-3-1-2-4-11(10)9-17;13-11-5-7-14-12(15-11)16-8-6-9-3-1-2-4-10(9)16;12-11-13-4-3-10(15-11)16-6-14-8-5-7(17(18)19)1-2-9(8)16;12-11-13-4-3-10(15-11)16-6-14-8-2-1-7(17(18)19)5-9(8)16;2*12-11-13-6-5-10(15-11)16-7-14-8-3-1-2-4-9(8)16;;;/h1-10,12H,11,13H2,(H,19,20,21);1-5,7H,6,8-9H2,(H2,14,15,16);1-5,7H,6,8H2;2*1-5,14H,6H2,(H2,12,13,15);2*1-7H,(H2,12,13,15);3*1H. The maximum atomic E-state index is 10.8. The number of nitro groups is 2. The molecule has 13 N–H and O–H groups in total. The molecule has 0 atom stereocenters. The molecule has 0 bridgehead atoms. The van der Waals surface area contributed by atoms with Crippen LogP contribution in [0.4, 0.5) is 116 Å². The van der Waals surface area contributed by atoms with E-state index in [1.54, 1.807) is 103 Å². The van der Waals surface area contributed by atoms with Gasteiger partial charge in [-0.1, -0.05) is 115 Å². The number of rotatable bonds is 11. The first-order chi connectivity index (χ1) is 61.1. The summed E-state index contributed by atoms with van der Waals surface area (Å²) in [5, 5.41) is 31.5. The van der Waals surface area contributed by atoms with E-state index >= 15 is 0 Å². The summed E-state index contributed by atoms with van der Waals surface area (Å²) in [6, 6.07) is 72.9. The van der Waals surface area contributed by atoms with Gasteiger partial charge < -0.3 is 69.1 Å². The van der Waals surface area contributed by atoms with Gasteiger partial charge in [-0.2, -0.15) is 29.9 Å². The Morgan fingerprint density at radius 3 is 1.35 bits per heavy atom. The van der Waals surface area contributed by atoms with Gasteiger partial charge in [-0.25, -0.2) is 49.8 Å². The number of nitrogen functional groups attached to an aromatic ring is 5. The number of nitro benzene ring substituents is 2. The highest BCUT2D eigenvalue weighted by molar-refractivity contribution is 6.29. The maximum Gasteiger partial charge on any atom is 0.271 e. The monoisotopic (exact) mass is 1790 g/mol. The third-order valence-electron chi connectivity index (χ3n) is 20.1. The Kier molecular flexibility index (Phi) is 29.1. The molecule has 41 heteroatoms. The molecule has 0 radical (unpaired) electrons. The zero-order valence-electron chi connectivity index (χ0n) is 67.8. The summed E-state index contributed by atoms with van der Waals surface area (Å²) in [7, 11) is 0. The second-order valence-corrected chi connectivity index (χ2v) is 28.3. The van der Waals surface area contributed by atoms with Crippen molar-refractivity contribution in [2.75, 3.05) is 102 Å². The van der Waals surface area contributed by atoms with Crippen molar-refractivity contribution < 1.29 is 9.85 Å². The van der Waals surface area contributed by atoms with Crippen LogP contribution in [0.15, 0.2) is 287 Å². The Labute approximate surface area is 754 Å². The van der Waals surface area contributed by atoms with Crippen LogP contribution >= 0.6 is 48.8 Å². The Morgan fingerprint density at radius 1 is 0.359 bits per heavy atom. The minimum atomic E-state index is -0.425. The van der Waals surface area contributed by atoms with Crippen molar-refractivity contribution >= 4 is 187 Å². The predicted octanol–water partition coefficient (Wildman–Crippen LogP) is 15.4. The lowest BCUT2D eigenvalue weighted by atomic mass is 10.00. The molecule has 0 saturated carbocycles. The molecule has 0 aliphatic carbocycles. The molecule has 0 amide bonds. The van der Waals surface area contributed by atoms with E-state index in [4.69, 9.17) is 40.3 Å². The van der Waals surface area contributed by atoms with Crippen LogP contribution in [0.25, 0.3) is 33.7 Å². The highest BCUT2D eigenvalue weighted by atomic mass is 35.5. The number of non-ortho nitro benzene ring substituents is 2. The van der Waals surface area contributed by atoms with Crippen molar-refractivity contribution in [3.05, 3.63) is 334 Å². The van der Waals surface area contributed by atoms with Crippen molar-refractivity contribution in [3.63, 3.8) is 0 Å². The fourth-order valence-corrected chi connectivity index (χ4v) is 14.4. The van der Waals surface area contributed by atoms with Gasteiger partial charge in [-0.3, -0.25) is 29.4 Å². The Morgan fingerprint density at radius 2 is 0.789 bits per heavy atom. The molecule has 8 aromatic carbocycles. The van der Waals surface area contributed by atoms with E-state index in [0.29, 0.717) is 59.3 Å². The van der Waals surface area contributed by atoms with Crippen molar-refractivity contribution in [1.82, 2.24) is 88.9 Å². The van der Waals surface area contributed by atoms with Crippen molar-refractivity contribution in [1.29, 1.82) is 0 Å². The van der Waals surface area contributed by atoms with Gasteiger partial charge >= 0.3 is 0 Å². The quantitative estimate of drug-likeness (QED) is 0.0339. The first kappa shape index (κ1) is 89.4. The molecule has 0 fully saturated rings. The summed E-state index contributed by atoms with van der Waals surface area (Å²) in [6.07, 6.45) is 18.2. The van der Waals surface area contributed by atoms with E-state index in [1.807, 2.05) is 111 Å². The van der Waals surface area contributed by atoms with E-state index < -0.39 is 9.85 Å². The van der Waals surface area contributed by atoms with Crippen molar-refractivity contribution in [2.45, 2.75) is 25.8 Å². The highest BCUT2D eigenvalue weighted by Gasteiger charge is 2.28. The van der Waals surface area contributed by atoms with Gasteiger partial charge in [-0.15, -0.1) is 37.2 Å². The van der Waals surface area contributed by atoms with Gasteiger partial charge in [0, 0.05) is 111 Å². The molecule has 5 aliphatic rings. The summed E-state index contributed by atoms with van der Waals surface area (Å²) in [6.45, 7) is 4.71. The number of benzene rings is 8. The lowest BCUT2D eigenvalue weighted by Gasteiger charge is -2.29. The van der Waals surface area contributed by atoms with E-state index in [9.17, 15) is 20.2 Å². The number of nitrogens with two attached hydrogens (primary N) is 5. The van der Waals surface area contributed by atoms with Crippen LogP contribution in [0, 0.1) is 20.2 Å². The van der Waals surface area contributed by atoms with Gasteiger partial charge in [0.05, 0.1) is 68.0 Å². The zero-order chi connectivity index (χ0) is 86.1. The van der Waals surface area contributed by atoms with E-state index in [-0.39, 0.29) is 72.4 Å². The number of anilines is 18. The topological polar surface area (TPSA) is 485 Å². The van der Waals surface area contributed by atoms with Gasteiger partial charge in [0.25, 0.3) is 11.4 Å². The molecule has 128 heavy (non-hydrogen) atoms. The molecule has 0 unspecified atom stereocenters. The minimum Gasteiger partial charge on any atom is -0.368 e. The van der Waals surface area contributed by atoms with Crippen LogP contribution in [0.3, 0.4) is 0 Å². The molecule has 14 heterocycles. The van der Waals surface area contributed by atoms with Gasteiger partial charge in [0.1, 0.15) is 52.7 Å². The molecule has 0 saturated heterocycles. The highest BCUT2D eigenvalue weighted by Crippen LogP contribution is 2.41. The summed E-state index contributed by atoms with van der Waals surface area (Å²) >= 11 is 5.87. The zero-order valence-corrected chi connectivity index (χ0v) is 71.0. The molecule has 37 nitrogen and oxygen atoms in total. The third-order valence-corrected chi connectivity index (χ3v) is 20.3. The molecule has 0 spiro atoms. The summed E-state index contributed by atoms with van der Waals surface area (Å²) < 4.78 is 3.76. The largest absolute Gasteiger partial charge is 0.368 e. The van der Waals surface area contributed by atoms with Crippen LogP contribution in [-0.2, 0) is 25.8 Å². The fraction of sp³-hybridized carbons (Fsp3) is 0.103. The number of nitrogens with one attached hydrogen (secondary N) is 3. The Bertz CT molecular complexity index is 6590. The van der Waals surface area contributed by atoms with Crippen LogP contribution in [0.5, 0.6) is 0 Å². The molecule has 5 aliphatic heterocycles. The van der Waals surface area contributed by atoms with Crippen molar-refractivity contribution in [3.8, 4) is 11.6 Å². The SMILES string of the molecule is Cl.Cl.Cl.Clc1ccnc(N2CCc3ccccc32)n1.Nc1nccc(-n2cnc3ccccc32)n1.Nc1nccc(-n2cnc3ccccc32)n1.Nc1nccc(N2CCc3ccccc3C2)n1.Nc1nccc(N2CNc3cc([N+](=O)[O-])ccc32)n1.Nc1nccc(N2CNc3ccc([N+](=O)[O-])cc32)n1.c1ccc(Nc2nccc(N3CCc4ccccc43)n2)cc1. The number of aromatic nitrogens is 18. The Hall–Kier alpha value is -16.4. The average molecular weight is 1790 g/mol. The number of halogens is 4.